The predicted molar refractivity (Wildman–Crippen MR) is 86.0 cm³/mol. The maximum absolute atomic E-state index is 12.0. The van der Waals surface area contributed by atoms with E-state index in [9.17, 15) is 4.79 Å². The van der Waals surface area contributed by atoms with E-state index < -0.39 is 0 Å². The molecule has 1 saturated carbocycles. The van der Waals surface area contributed by atoms with Crippen molar-refractivity contribution in [3.63, 3.8) is 0 Å². The molecule has 0 aromatic rings. The Labute approximate surface area is 129 Å². The van der Waals surface area contributed by atoms with E-state index in [2.05, 4.69) is 36.0 Å². The molecule has 1 aliphatic heterocycles. The summed E-state index contributed by atoms with van der Waals surface area (Å²) < 4.78 is 0. The van der Waals surface area contributed by atoms with Gasteiger partial charge in [-0.05, 0) is 31.7 Å². The van der Waals surface area contributed by atoms with E-state index in [1.165, 1.54) is 12.8 Å². The van der Waals surface area contributed by atoms with Crippen molar-refractivity contribution in [3.05, 3.63) is 0 Å². The zero-order valence-electron chi connectivity index (χ0n) is 13.8. The highest BCUT2D eigenvalue weighted by atomic mass is 16.1. The van der Waals surface area contributed by atoms with Crippen LogP contribution in [0.25, 0.3) is 0 Å². The second-order valence-corrected chi connectivity index (χ2v) is 7.16. The summed E-state index contributed by atoms with van der Waals surface area (Å²) in [5.74, 6) is 1.26. The van der Waals surface area contributed by atoms with Crippen LogP contribution in [0.15, 0.2) is 0 Å². The van der Waals surface area contributed by atoms with Crippen molar-refractivity contribution in [2.45, 2.75) is 45.2 Å². The standard InChI is InChI=1S/C16H32N4O/c1-12(2)15(20-8-6-19(3)7-9-20)11-18-16(21)10-14(17)13-4-5-13/h12-15H,4-11,17H2,1-3H3,(H,18,21). The third-order valence-corrected chi connectivity index (χ3v) is 4.93. The van der Waals surface area contributed by atoms with Crippen molar-refractivity contribution >= 4 is 5.91 Å². The van der Waals surface area contributed by atoms with Crippen LogP contribution in [0.5, 0.6) is 0 Å². The first-order valence-corrected chi connectivity index (χ1v) is 8.42. The molecule has 1 heterocycles. The van der Waals surface area contributed by atoms with Gasteiger partial charge in [0.25, 0.3) is 0 Å². The first-order chi connectivity index (χ1) is 9.97. The second-order valence-electron chi connectivity index (χ2n) is 7.16. The number of hydrogen-bond acceptors (Lipinski definition) is 4. The average Bonchev–Trinajstić information content (AvgIpc) is 3.25. The van der Waals surface area contributed by atoms with E-state index in [4.69, 9.17) is 5.73 Å². The van der Waals surface area contributed by atoms with Gasteiger partial charge < -0.3 is 16.0 Å². The van der Waals surface area contributed by atoms with Crippen LogP contribution in [0.1, 0.15) is 33.1 Å². The quantitative estimate of drug-likeness (QED) is 0.718. The second kappa shape index (κ2) is 7.56. The maximum atomic E-state index is 12.0. The lowest BCUT2D eigenvalue weighted by Gasteiger charge is -2.40. The summed E-state index contributed by atoms with van der Waals surface area (Å²) in [5.41, 5.74) is 6.03. The summed E-state index contributed by atoms with van der Waals surface area (Å²) in [6, 6.07) is 0.492. The van der Waals surface area contributed by atoms with Gasteiger partial charge in [-0.3, -0.25) is 9.69 Å². The van der Waals surface area contributed by atoms with E-state index in [1.54, 1.807) is 0 Å². The van der Waals surface area contributed by atoms with Crippen molar-refractivity contribution < 1.29 is 4.79 Å². The van der Waals surface area contributed by atoms with Gasteiger partial charge in [-0.1, -0.05) is 13.8 Å². The minimum atomic E-state index is 0.0612. The molecular formula is C16H32N4O. The highest BCUT2D eigenvalue weighted by molar-refractivity contribution is 5.76. The highest BCUT2D eigenvalue weighted by Gasteiger charge is 2.30. The zero-order valence-corrected chi connectivity index (χ0v) is 13.8. The topological polar surface area (TPSA) is 61.6 Å². The molecule has 0 spiro atoms. The number of nitrogens with one attached hydrogen (secondary N) is 1. The Hall–Kier alpha value is -0.650. The lowest BCUT2D eigenvalue weighted by molar-refractivity contribution is -0.121. The maximum Gasteiger partial charge on any atom is 0.221 e. The van der Waals surface area contributed by atoms with Gasteiger partial charge in [-0.15, -0.1) is 0 Å². The first kappa shape index (κ1) is 16.7. The molecular weight excluding hydrogens is 264 g/mol. The van der Waals surface area contributed by atoms with Crippen LogP contribution in [0.4, 0.5) is 0 Å². The smallest absolute Gasteiger partial charge is 0.221 e. The Kier molecular flexibility index (Phi) is 6.02. The molecule has 0 aromatic heterocycles. The molecule has 3 N–H and O–H groups in total. The van der Waals surface area contributed by atoms with Crippen molar-refractivity contribution in [2.75, 3.05) is 39.8 Å². The molecule has 2 fully saturated rings. The fraction of sp³-hybridized carbons (Fsp3) is 0.938. The van der Waals surface area contributed by atoms with Crippen molar-refractivity contribution in [2.24, 2.45) is 17.6 Å². The fourth-order valence-electron chi connectivity index (χ4n) is 3.14. The third kappa shape index (κ3) is 5.24. The molecule has 1 amide bonds. The molecule has 1 saturated heterocycles. The van der Waals surface area contributed by atoms with E-state index in [0.29, 0.717) is 24.3 Å². The molecule has 2 rings (SSSR count). The molecule has 0 aromatic carbocycles. The summed E-state index contributed by atoms with van der Waals surface area (Å²) in [7, 11) is 2.17. The molecule has 5 heteroatoms. The van der Waals surface area contributed by atoms with E-state index >= 15 is 0 Å². The summed E-state index contributed by atoms with van der Waals surface area (Å²) in [6.07, 6.45) is 2.88. The van der Waals surface area contributed by atoms with Crippen molar-refractivity contribution in [1.82, 2.24) is 15.1 Å². The van der Waals surface area contributed by atoms with E-state index in [1.807, 2.05) is 0 Å². The van der Waals surface area contributed by atoms with Crippen molar-refractivity contribution in [1.29, 1.82) is 0 Å². The van der Waals surface area contributed by atoms with Crippen LogP contribution in [0.2, 0.25) is 0 Å². The fourth-order valence-corrected chi connectivity index (χ4v) is 3.14. The van der Waals surface area contributed by atoms with Gasteiger partial charge in [0.05, 0.1) is 0 Å². The number of hydrogen-bond donors (Lipinski definition) is 2. The molecule has 0 bridgehead atoms. The van der Waals surface area contributed by atoms with Gasteiger partial charge in [0.1, 0.15) is 0 Å². The number of carbonyl (C=O) groups excluding carboxylic acids is 1. The number of piperazine rings is 1. The predicted octanol–water partition coefficient (Wildman–Crippen LogP) is 0.502. The Morgan fingerprint density at radius 2 is 1.86 bits per heavy atom. The molecule has 1 aliphatic carbocycles. The molecule has 5 nitrogen and oxygen atoms in total. The monoisotopic (exact) mass is 296 g/mol. The Morgan fingerprint density at radius 3 is 2.38 bits per heavy atom. The Morgan fingerprint density at radius 1 is 1.24 bits per heavy atom. The van der Waals surface area contributed by atoms with Gasteiger partial charge in [-0.2, -0.15) is 0 Å². The Balaban J connectivity index is 1.75. The van der Waals surface area contributed by atoms with Gasteiger partial charge in [0, 0.05) is 51.2 Å². The number of rotatable bonds is 7. The molecule has 21 heavy (non-hydrogen) atoms. The summed E-state index contributed by atoms with van der Waals surface area (Å²) in [5, 5.41) is 3.11. The number of carbonyl (C=O) groups is 1. The number of likely N-dealkylation sites (N-methyl/N-ethyl adjacent to an activating group) is 1. The normalized spacial score (nSPS) is 24.0. The molecule has 2 unspecified atom stereocenters. The van der Waals surface area contributed by atoms with Gasteiger partial charge in [0.15, 0.2) is 0 Å². The summed E-state index contributed by atoms with van der Waals surface area (Å²) in [4.78, 5) is 16.9. The molecule has 122 valence electrons. The summed E-state index contributed by atoms with van der Waals surface area (Å²) >= 11 is 0. The van der Waals surface area contributed by atoms with E-state index in [-0.39, 0.29) is 11.9 Å². The minimum Gasteiger partial charge on any atom is -0.354 e. The van der Waals surface area contributed by atoms with Gasteiger partial charge in [0.2, 0.25) is 5.91 Å². The molecule has 0 radical (unpaired) electrons. The number of nitrogens with zero attached hydrogens (tertiary/aromatic N) is 2. The van der Waals surface area contributed by atoms with Crippen LogP contribution >= 0.6 is 0 Å². The molecule has 2 atom stereocenters. The lowest BCUT2D eigenvalue weighted by atomic mass is 10.0. The van der Waals surface area contributed by atoms with Crippen LogP contribution in [-0.2, 0) is 4.79 Å². The SMILES string of the molecule is CC(C)C(CNC(=O)CC(N)C1CC1)N1CCN(C)CC1. The number of amides is 1. The van der Waals surface area contributed by atoms with Crippen LogP contribution < -0.4 is 11.1 Å². The third-order valence-electron chi connectivity index (χ3n) is 4.93. The van der Waals surface area contributed by atoms with Crippen molar-refractivity contribution in [3.8, 4) is 0 Å². The first-order valence-electron chi connectivity index (χ1n) is 8.42. The van der Waals surface area contributed by atoms with Gasteiger partial charge >= 0.3 is 0 Å². The largest absolute Gasteiger partial charge is 0.354 e. The van der Waals surface area contributed by atoms with Crippen LogP contribution in [-0.4, -0.2) is 67.6 Å². The highest BCUT2D eigenvalue weighted by Crippen LogP contribution is 2.32. The average molecular weight is 296 g/mol. The molecule has 2 aliphatic rings. The zero-order chi connectivity index (χ0) is 15.4. The summed E-state index contributed by atoms with van der Waals surface area (Å²) in [6.45, 7) is 9.65. The van der Waals surface area contributed by atoms with E-state index in [0.717, 1.165) is 32.7 Å². The van der Waals surface area contributed by atoms with Crippen LogP contribution in [0, 0.1) is 11.8 Å². The lowest BCUT2D eigenvalue weighted by Crippen LogP contribution is -2.54. The van der Waals surface area contributed by atoms with Gasteiger partial charge in [-0.25, -0.2) is 0 Å². The van der Waals surface area contributed by atoms with Crippen LogP contribution in [0.3, 0.4) is 0 Å². The number of nitrogens with two attached hydrogens (primary N) is 1. The Bertz CT molecular complexity index is 335. The minimum absolute atomic E-state index is 0.0612.